The Bertz CT molecular complexity index is 525. The maximum absolute atomic E-state index is 13.0. The zero-order valence-corrected chi connectivity index (χ0v) is 10.8. The van der Waals surface area contributed by atoms with Gasteiger partial charge in [-0.1, -0.05) is 6.92 Å². The van der Waals surface area contributed by atoms with Crippen LogP contribution >= 0.6 is 0 Å². The van der Waals surface area contributed by atoms with Gasteiger partial charge in [-0.3, -0.25) is 0 Å². The fourth-order valence-corrected chi connectivity index (χ4v) is 3.61. The first-order chi connectivity index (χ1) is 8.37. The molecule has 1 aliphatic carbocycles. The largest absolute Gasteiger partial charge is 0.241 e. The predicted molar refractivity (Wildman–Crippen MR) is 63.5 cm³/mol. The molecule has 1 aliphatic rings. The molecule has 0 heterocycles. The first-order valence-electron chi connectivity index (χ1n) is 5.85. The van der Waals surface area contributed by atoms with Crippen LogP contribution in [0.5, 0.6) is 0 Å². The molecule has 2 atom stereocenters. The summed E-state index contributed by atoms with van der Waals surface area (Å²) < 4.78 is 52.4. The van der Waals surface area contributed by atoms with Gasteiger partial charge in [0, 0.05) is 12.1 Å². The Morgan fingerprint density at radius 1 is 1.17 bits per heavy atom. The lowest BCUT2D eigenvalue weighted by Crippen LogP contribution is -2.33. The molecule has 0 amide bonds. The van der Waals surface area contributed by atoms with E-state index >= 15 is 0 Å². The van der Waals surface area contributed by atoms with Crippen LogP contribution in [0.3, 0.4) is 0 Å². The molecular formula is C12H15F2NO2S. The highest BCUT2D eigenvalue weighted by molar-refractivity contribution is 7.89. The molecule has 6 heteroatoms. The van der Waals surface area contributed by atoms with Gasteiger partial charge < -0.3 is 0 Å². The fraction of sp³-hybridized carbons (Fsp3) is 0.500. The number of sulfonamides is 1. The van der Waals surface area contributed by atoms with Gasteiger partial charge in [-0.05, 0) is 37.3 Å². The normalized spacial score (nSPS) is 24.4. The molecule has 1 saturated carbocycles. The molecule has 1 fully saturated rings. The van der Waals surface area contributed by atoms with Gasteiger partial charge in [-0.2, -0.15) is 0 Å². The molecular weight excluding hydrogens is 260 g/mol. The minimum atomic E-state index is -3.84. The minimum absolute atomic E-state index is 0.142. The van der Waals surface area contributed by atoms with Crippen molar-refractivity contribution >= 4 is 10.0 Å². The van der Waals surface area contributed by atoms with E-state index in [9.17, 15) is 17.2 Å². The third-order valence-electron chi connectivity index (χ3n) is 3.16. The molecule has 0 saturated heterocycles. The standard InChI is InChI=1S/C12H15F2NO2S/c1-8-2-3-11(4-8)15-18(16,17)12-6-9(13)5-10(14)7-12/h5-8,11,15H,2-4H2,1H3. The van der Waals surface area contributed by atoms with Crippen LogP contribution in [0.2, 0.25) is 0 Å². The summed E-state index contributed by atoms with van der Waals surface area (Å²) in [5, 5.41) is 0. The molecule has 0 radical (unpaired) electrons. The maximum Gasteiger partial charge on any atom is 0.241 e. The average molecular weight is 275 g/mol. The third-order valence-corrected chi connectivity index (χ3v) is 4.66. The fourth-order valence-electron chi connectivity index (χ4n) is 2.29. The number of halogens is 2. The van der Waals surface area contributed by atoms with Crippen molar-refractivity contribution in [3.05, 3.63) is 29.8 Å². The van der Waals surface area contributed by atoms with E-state index < -0.39 is 21.7 Å². The van der Waals surface area contributed by atoms with Gasteiger partial charge in [0.1, 0.15) is 11.6 Å². The molecule has 3 nitrogen and oxygen atoms in total. The summed E-state index contributed by atoms with van der Waals surface area (Å²) >= 11 is 0. The molecule has 1 aromatic rings. The van der Waals surface area contributed by atoms with Gasteiger partial charge in [0.05, 0.1) is 4.90 Å². The SMILES string of the molecule is CC1CCC(NS(=O)(=O)c2cc(F)cc(F)c2)C1. The number of rotatable bonds is 3. The van der Waals surface area contributed by atoms with Crippen molar-refractivity contribution in [3.63, 3.8) is 0 Å². The van der Waals surface area contributed by atoms with Gasteiger partial charge in [0.15, 0.2) is 0 Å². The van der Waals surface area contributed by atoms with Gasteiger partial charge in [-0.25, -0.2) is 21.9 Å². The van der Waals surface area contributed by atoms with Gasteiger partial charge >= 0.3 is 0 Å². The molecule has 18 heavy (non-hydrogen) atoms. The second kappa shape index (κ2) is 4.93. The van der Waals surface area contributed by atoms with Gasteiger partial charge in [0.25, 0.3) is 0 Å². The van der Waals surface area contributed by atoms with Gasteiger partial charge in [-0.15, -0.1) is 0 Å². The van der Waals surface area contributed by atoms with Gasteiger partial charge in [0.2, 0.25) is 10.0 Å². The van der Waals surface area contributed by atoms with Crippen LogP contribution in [0.1, 0.15) is 26.2 Å². The van der Waals surface area contributed by atoms with E-state index in [1.165, 1.54) is 0 Å². The smallest absolute Gasteiger partial charge is 0.208 e. The third kappa shape index (κ3) is 3.05. The van der Waals surface area contributed by atoms with Crippen LogP contribution in [0.25, 0.3) is 0 Å². The Morgan fingerprint density at radius 3 is 2.28 bits per heavy atom. The van der Waals surface area contributed by atoms with E-state index in [1.54, 1.807) is 0 Å². The Morgan fingerprint density at radius 2 is 1.78 bits per heavy atom. The van der Waals surface area contributed by atoms with E-state index in [0.29, 0.717) is 12.0 Å². The molecule has 0 aromatic heterocycles. The Kier molecular flexibility index (Phi) is 3.68. The van der Waals surface area contributed by atoms with Crippen molar-refractivity contribution in [2.75, 3.05) is 0 Å². The lowest BCUT2D eigenvalue weighted by atomic mass is 10.1. The van der Waals surface area contributed by atoms with Crippen molar-refractivity contribution in [1.82, 2.24) is 4.72 Å². The second-order valence-corrected chi connectivity index (χ2v) is 6.56. The topological polar surface area (TPSA) is 46.2 Å². The molecule has 0 spiro atoms. The summed E-state index contributed by atoms with van der Waals surface area (Å²) in [6.07, 6.45) is 2.49. The van der Waals surface area contributed by atoms with Crippen LogP contribution in [0.15, 0.2) is 23.1 Å². The van der Waals surface area contributed by atoms with Crippen molar-refractivity contribution in [2.45, 2.75) is 37.1 Å². The van der Waals surface area contributed by atoms with E-state index in [1.807, 2.05) is 0 Å². The zero-order valence-electron chi connectivity index (χ0n) is 9.99. The van der Waals surface area contributed by atoms with E-state index in [-0.39, 0.29) is 10.9 Å². The Labute approximate surface area is 105 Å². The lowest BCUT2D eigenvalue weighted by molar-refractivity contribution is 0.533. The quantitative estimate of drug-likeness (QED) is 0.921. The summed E-state index contributed by atoms with van der Waals surface area (Å²) in [7, 11) is -3.84. The first kappa shape index (κ1) is 13.4. The lowest BCUT2D eigenvalue weighted by Gasteiger charge is -2.13. The van der Waals surface area contributed by atoms with Crippen LogP contribution in [0, 0.1) is 17.6 Å². The van der Waals surface area contributed by atoms with Crippen molar-refractivity contribution in [1.29, 1.82) is 0 Å². The molecule has 2 unspecified atom stereocenters. The number of nitrogens with one attached hydrogen (secondary N) is 1. The summed E-state index contributed by atoms with van der Waals surface area (Å²) in [6, 6.07) is 2.15. The van der Waals surface area contributed by atoms with E-state index in [0.717, 1.165) is 31.4 Å². The van der Waals surface area contributed by atoms with Crippen LogP contribution < -0.4 is 4.72 Å². The molecule has 2 rings (SSSR count). The minimum Gasteiger partial charge on any atom is -0.208 e. The molecule has 100 valence electrons. The van der Waals surface area contributed by atoms with Crippen molar-refractivity contribution in [2.24, 2.45) is 5.92 Å². The average Bonchev–Trinajstić information content (AvgIpc) is 2.61. The summed E-state index contributed by atoms with van der Waals surface area (Å²) in [5.41, 5.74) is 0. The highest BCUT2D eigenvalue weighted by Gasteiger charge is 2.26. The number of hydrogen-bond acceptors (Lipinski definition) is 2. The predicted octanol–water partition coefficient (Wildman–Crippen LogP) is 2.43. The highest BCUT2D eigenvalue weighted by atomic mass is 32.2. The summed E-state index contributed by atoms with van der Waals surface area (Å²) in [6.45, 7) is 2.05. The Hall–Kier alpha value is -1.01. The van der Waals surface area contributed by atoms with Crippen LogP contribution in [-0.2, 0) is 10.0 Å². The highest BCUT2D eigenvalue weighted by Crippen LogP contribution is 2.26. The molecule has 0 bridgehead atoms. The van der Waals surface area contributed by atoms with Crippen LogP contribution in [-0.4, -0.2) is 14.5 Å². The number of hydrogen-bond donors (Lipinski definition) is 1. The molecule has 1 N–H and O–H groups in total. The van der Waals surface area contributed by atoms with E-state index in [4.69, 9.17) is 0 Å². The zero-order chi connectivity index (χ0) is 13.3. The van der Waals surface area contributed by atoms with Crippen LogP contribution in [0.4, 0.5) is 8.78 Å². The molecule has 0 aliphatic heterocycles. The van der Waals surface area contributed by atoms with Crippen molar-refractivity contribution < 1.29 is 17.2 Å². The summed E-state index contributed by atoms with van der Waals surface area (Å²) in [5.74, 6) is -1.31. The summed E-state index contributed by atoms with van der Waals surface area (Å²) in [4.78, 5) is -0.362. The second-order valence-electron chi connectivity index (χ2n) is 4.84. The first-order valence-corrected chi connectivity index (χ1v) is 7.33. The maximum atomic E-state index is 13.0. The molecule has 1 aromatic carbocycles. The Balaban J connectivity index is 2.20. The van der Waals surface area contributed by atoms with Crippen molar-refractivity contribution in [3.8, 4) is 0 Å². The number of benzene rings is 1. The monoisotopic (exact) mass is 275 g/mol. The van der Waals surface area contributed by atoms with E-state index in [2.05, 4.69) is 11.6 Å².